The second kappa shape index (κ2) is 54.3. The molecule has 10 heteroatoms. The van der Waals surface area contributed by atoms with E-state index in [-0.39, 0.29) is 24.9 Å². The number of ether oxygens (including phenoxy) is 1. The molecule has 0 aromatic heterocycles. The molecule has 0 aliphatic heterocycles. The van der Waals surface area contributed by atoms with Gasteiger partial charge in [0.25, 0.3) is 7.82 Å². The van der Waals surface area contributed by atoms with Crippen molar-refractivity contribution in [3.63, 3.8) is 0 Å². The van der Waals surface area contributed by atoms with Crippen molar-refractivity contribution in [2.45, 2.75) is 309 Å². The van der Waals surface area contributed by atoms with E-state index in [0.29, 0.717) is 23.9 Å². The molecule has 0 aromatic rings. The minimum Gasteiger partial charge on any atom is -0.756 e. The Morgan fingerprint density at radius 3 is 1.27 bits per heavy atom. The van der Waals surface area contributed by atoms with Crippen LogP contribution in [0.4, 0.5) is 0 Å². The van der Waals surface area contributed by atoms with Crippen molar-refractivity contribution < 1.29 is 37.3 Å². The van der Waals surface area contributed by atoms with E-state index in [2.05, 4.69) is 62.5 Å². The first-order valence-corrected chi connectivity index (χ1v) is 32.9. The molecule has 1 amide bonds. The van der Waals surface area contributed by atoms with Gasteiger partial charge in [-0.1, -0.05) is 243 Å². The fourth-order valence-electron chi connectivity index (χ4n) is 9.08. The molecule has 3 atom stereocenters. The van der Waals surface area contributed by atoms with Crippen molar-refractivity contribution in [1.82, 2.24) is 5.32 Å². The van der Waals surface area contributed by atoms with Crippen LogP contribution in [-0.4, -0.2) is 69.4 Å². The lowest BCUT2D eigenvalue weighted by molar-refractivity contribution is -0.870. The van der Waals surface area contributed by atoms with Gasteiger partial charge in [0.05, 0.1) is 33.8 Å². The number of nitrogens with zero attached hydrogens (tertiary/aromatic N) is 1. The summed E-state index contributed by atoms with van der Waals surface area (Å²) in [6.45, 7) is 6.82. The Kier molecular flexibility index (Phi) is 52.8. The summed E-state index contributed by atoms with van der Waals surface area (Å²) in [4.78, 5) is 39.9. The summed E-state index contributed by atoms with van der Waals surface area (Å²) < 4.78 is 30.3. The highest BCUT2D eigenvalue weighted by molar-refractivity contribution is 7.45. The average molecular weight is 1060 g/mol. The van der Waals surface area contributed by atoms with Gasteiger partial charge in [-0.25, -0.2) is 0 Å². The number of allylic oxidation sites excluding steroid dienone is 7. The molecule has 0 saturated heterocycles. The quantitative estimate of drug-likeness (QED) is 0.0212. The van der Waals surface area contributed by atoms with Gasteiger partial charge in [-0.15, -0.1) is 0 Å². The number of carbonyl (C=O) groups is 2. The number of unbranched alkanes of at least 4 members (excludes halogenated alkanes) is 35. The molecule has 0 bridgehead atoms. The van der Waals surface area contributed by atoms with Crippen LogP contribution in [0.25, 0.3) is 0 Å². The third kappa shape index (κ3) is 54.7. The number of phosphoric ester groups is 1. The number of amides is 1. The van der Waals surface area contributed by atoms with Gasteiger partial charge >= 0.3 is 5.97 Å². The molecule has 0 aromatic carbocycles. The van der Waals surface area contributed by atoms with Gasteiger partial charge in [0.15, 0.2) is 0 Å². The van der Waals surface area contributed by atoms with E-state index in [4.69, 9.17) is 13.8 Å². The van der Waals surface area contributed by atoms with E-state index in [1.807, 2.05) is 33.3 Å². The summed E-state index contributed by atoms with van der Waals surface area (Å²) >= 11 is 0. The first-order chi connectivity index (χ1) is 35.9. The van der Waals surface area contributed by atoms with Crippen LogP contribution in [0.1, 0.15) is 297 Å². The highest BCUT2D eigenvalue weighted by Gasteiger charge is 2.27. The van der Waals surface area contributed by atoms with Crippen LogP contribution in [0, 0.1) is 0 Å². The second-order valence-corrected chi connectivity index (χ2v) is 24.0. The Balaban J connectivity index is 5.13. The minimum absolute atomic E-state index is 0.0244. The van der Waals surface area contributed by atoms with Gasteiger partial charge in [-0.05, 0) is 89.5 Å². The Labute approximate surface area is 458 Å². The summed E-state index contributed by atoms with van der Waals surface area (Å²) in [5.74, 6) is -0.553. The van der Waals surface area contributed by atoms with E-state index in [0.717, 1.165) is 70.6 Å². The molecule has 0 radical (unpaired) electrons. The van der Waals surface area contributed by atoms with Crippen LogP contribution in [0.3, 0.4) is 0 Å². The number of hydrogen-bond donors (Lipinski definition) is 1. The van der Waals surface area contributed by atoms with Crippen LogP contribution in [0.5, 0.6) is 0 Å². The molecule has 0 heterocycles. The molecule has 0 aliphatic rings. The van der Waals surface area contributed by atoms with Crippen LogP contribution in [-0.2, 0) is 27.9 Å². The Hall–Kier alpha value is -2.03. The molecule has 74 heavy (non-hydrogen) atoms. The van der Waals surface area contributed by atoms with E-state index in [1.165, 1.54) is 186 Å². The minimum atomic E-state index is -4.70. The molecular formula is C64H121N2O7P. The molecule has 3 unspecified atom stereocenters. The van der Waals surface area contributed by atoms with Crippen molar-refractivity contribution in [2.75, 3.05) is 40.9 Å². The number of nitrogens with one attached hydrogen (secondary N) is 1. The van der Waals surface area contributed by atoms with Crippen molar-refractivity contribution in [3.05, 3.63) is 48.6 Å². The molecule has 1 N–H and O–H groups in total. The average Bonchev–Trinajstić information content (AvgIpc) is 3.36. The third-order valence-corrected chi connectivity index (χ3v) is 14.9. The fourth-order valence-corrected chi connectivity index (χ4v) is 9.80. The normalized spacial score (nSPS) is 14.0. The predicted molar refractivity (Wildman–Crippen MR) is 316 cm³/mol. The summed E-state index contributed by atoms with van der Waals surface area (Å²) in [5.41, 5.74) is 0. The van der Waals surface area contributed by atoms with Crippen molar-refractivity contribution in [2.24, 2.45) is 0 Å². The molecule has 0 fully saturated rings. The first kappa shape index (κ1) is 72.0. The SMILES string of the molecule is CCCCC/C=C\C/C=C\CCCCCCCCCCCCCCCC(=O)OC(/C=C\CCCCCCCCCCC)C(COP(=O)([O-])OCC[N+](C)(C)C)NC(=O)CCCCC/C=C\CCCCCCCCC. The predicted octanol–water partition coefficient (Wildman–Crippen LogP) is 18.6. The van der Waals surface area contributed by atoms with E-state index < -0.39 is 26.6 Å². The van der Waals surface area contributed by atoms with E-state index in [9.17, 15) is 19.0 Å². The number of esters is 1. The molecule has 0 saturated carbocycles. The number of likely N-dealkylation sites (N-methyl/N-ethyl adjacent to an activating group) is 1. The van der Waals surface area contributed by atoms with Gasteiger partial charge in [0.2, 0.25) is 5.91 Å². The summed E-state index contributed by atoms with van der Waals surface area (Å²) in [6, 6.07) is -0.894. The summed E-state index contributed by atoms with van der Waals surface area (Å²) in [6.07, 6.45) is 66.5. The van der Waals surface area contributed by atoms with Crippen LogP contribution in [0.2, 0.25) is 0 Å². The zero-order chi connectivity index (χ0) is 54.3. The van der Waals surface area contributed by atoms with E-state index >= 15 is 0 Å². The first-order valence-electron chi connectivity index (χ1n) is 31.4. The maximum absolute atomic E-state index is 13.5. The third-order valence-electron chi connectivity index (χ3n) is 14.0. The van der Waals surface area contributed by atoms with Crippen LogP contribution >= 0.6 is 7.82 Å². The number of carbonyl (C=O) groups excluding carboxylic acids is 2. The topological polar surface area (TPSA) is 114 Å². The molecule has 434 valence electrons. The maximum Gasteiger partial charge on any atom is 0.306 e. The highest BCUT2D eigenvalue weighted by Crippen LogP contribution is 2.38. The van der Waals surface area contributed by atoms with Crippen molar-refractivity contribution in [3.8, 4) is 0 Å². The van der Waals surface area contributed by atoms with E-state index in [1.54, 1.807) is 0 Å². The largest absolute Gasteiger partial charge is 0.756 e. The number of hydrogen-bond acceptors (Lipinski definition) is 7. The molecule has 0 rings (SSSR count). The Morgan fingerprint density at radius 1 is 0.473 bits per heavy atom. The maximum atomic E-state index is 13.5. The van der Waals surface area contributed by atoms with Gasteiger partial charge in [0.1, 0.15) is 19.3 Å². The van der Waals surface area contributed by atoms with Gasteiger partial charge < -0.3 is 28.5 Å². The lowest BCUT2D eigenvalue weighted by atomic mass is 10.0. The zero-order valence-corrected chi connectivity index (χ0v) is 50.4. The fraction of sp³-hybridized carbons (Fsp3) is 0.844. The number of rotatable bonds is 57. The lowest BCUT2D eigenvalue weighted by Crippen LogP contribution is -2.47. The number of quaternary nitrogens is 1. The summed E-state index contributed by atoms with van der Waals surface area (Å²) in [5, 5.41) is 3.02. The van der Waals surface area contributed by atoms with Gasteiger partial charge in [-0.2, -0.15) is 0 Å². The smallest absolute Gasteiger partial charge is 0.306 e. The van der Waals surface area contributed by atoms with Crippen molar-refractivity contribution in [1.29, 1.82) is 0 Å². The van der Waals surface area contributed by atoms with Crippen molar-refractivity contribution >= 4 is 19.7 Å². The lowest BCUT2D eigenvalue weighted by Gasteiger charge is -2.30. The van der Waals surface area contributed by atoms with Crippen LogP contribution in [0.15, 0.2) is 48.6 Å². The summed E-state index contributed by atoms with van der Waals surface area (Å²) in [7, 11) is 1.18. The van der Waals surface area contributed by atoms with Crippen LogP contribution < -0.4 is 10.2 Å². The zero-order valence-electron chi connectivity index (χ0n) is 49.6. The van der Waals surface area contributed by atoms with Gasteiger partial charge in [-0.3, -0.25) is 14.2 Å². The van der Waals surface area contributed by atoms with Gasteiger partial charge in [0, 0.05) is 12.8 Å². The number of phosphoric acid groups is 1. The molecule has 9 nitrogen and oxygen atoms in total. The second-order valence-electron chi connectivity index (χ2n) is 22.6. The Morgan fingerprint density at radius 2 is 0.824 bits per heavy atom. The molecule has 0 spiro atoms. The standard InChI is InChI=1S/C64H121N2O7P/c1-7-10-13-16-19-22-25-27-29-30-31-32-33-34-35-36-37-39-42-45-48-51-54-57-64(68)73-62(55-52-49-46-43-40-24-21-18-15-12-9-3)61(60-72-74(69,70)71-59-58-66(4,5)6)65-63(67)56-53-50-47-44-41-38-28-26-23-20-17-14-11-8-2/h19,22,27,29,38,41,52,55,61-62H,7-18,20-21,23-26,28,30-37,39-40,42-51,53-54,56-60H2,1-6H3,(H-,65,67,69,70)/b22-19-,29-27-,41-38-,55-52-. The highest BCUT2D eigenvalue weighted by atomic mass is 31.2. The monoisotopic (exact) mass is 1060 g/mol. The molecule has 0 aliphatic carbocycles. The Bertz CT molecular complexity index is 1410. The molecular weight excluding hydrogens is 940 g/mol.